The zero-order valence-electron chi connectivity index (χ0n) is 9.35. The van der Waals surface area contributed by atoms with Gasteiger partial charge >= 0.3 is 0 Å². The Kier molecular flexibility index (Phi) is 15.3. The van der Waals surface area contributed by atoms with Crippen LogP contribution < -0.4 is 0 Å². The summed E-state index contributed by atoms with van der Waals surface area (Å²) >= 11 is 0. The highest BCUT2D eigenvalue weighted by molar-refractivity contribution is 4.91. The second-order valence-corrected chi connectivity index (χ2v) is 2.98. The Balaban J connectivity index is 0. The van der Waals surface area contributed by atoms with Crippen molar-refractivity contribution < 1.29 is 0 Å². The van der Waals surface area contributed by atoms with Gasteiger partial charge in [0.15, 0.2) is 0 Å². The maximum Gasteiger partial charge on any atom is -0.0377 e. The highest BCUT2D eigenvalue weighted by atomic mass is 13.7. The van der Waals surface area contributed by atoms with Crippen LogP contribution in [0, 0.1) is 0 Å². The van der Waals surface area contributed by atoms with Crippen LogP contribution in [0.5, 0.6) is 0 Å². The highest BCUT2D eigenvalue weighted by Crippen LogP contribution is 1.89. The van der Waals surface area contributed by atoms with Crippen molar-refractivity contribution in [3.05, 3.63) is 23.8 Å². The quantitative estimate of drug-likeness (QED) is 0.535. The number of rotatable bonds is 3. The van der Waals surface area contributed by atoms with Crippen LogP contribution in [0.25, 0.3) is 0 Å². The summed E-state index contributed by atoms with van der Waals surface area (Å²) in [7, 11) is 0. The third kappa shape index (κ3) is 22.7. The largest absolute Gasteiger partial charge is 0.0888 e. The predicted octanol–water partition coefficient (Wildman–Crippen LogP) is 4.73. The molecule has 0 aliphatic rings. The fourth-order valence-electron chi connectivity index (χ4n) is 0.742. The van der Waals surface area contributed by atoms with E-state index in [9.17, 15) is 0 Å². The molecule has 0 saturated carbocycles. The van der Waals surface area contributed by atoms with E-state index in [1.165, 1.54) is 24.8 Å². The minimum Gasteiger partial charge on any atom is -0.0888 e. The Morgan fingerprint density at radius 1 is 0.833 bits per heavy atom. The molecule has 0 rings (SSSR count). The lowest BCUT2D eigenvalue weighted by Crippen LogP contribution is -1.58. The van der Waals surface area contributed by atoms with Gasteiger partial charge in [-0.15, -0.1) is 0 Å². The maximum atomic E-state index is 2.21. The monoisotopic (exact) mass is 168 g/mol. The number of hydrogen-bond acceptors (Lipinski definition) is 0. The molecule has 0 aliphatic heterocycles. The van der Waals surface area contributed by atoms with Gasteiger partial charge in [0.2, 0.25) is 0 Å². The SMILES string of the molecule is CC/C=C/CC.CCC=C(C)C. The number of allylic oxidation sites excluding steroid dienone is 4. The molecular weight excluding hydrogens is 144 g/mol. The minimum atomic E-state index is 1.17. The fraction of sp³-hybridized carbons (Fsp3) is 0.667. The first-order valence-electron chi connectivity index (χ1n) is 4.97. The Bertz CT molecular complexity index is 108. The summed E-state index contributed by atoms with van der Waals surface area (Å²) in [4.78, 5) is 0. The van der Waals surface area contributed by atoms with Gasteiger partial charge in [0.05, 0.1) is 0 Å². The molecule has 0 saturated heterocycles. The fourth-order valence-corrected chi connectivity index (χ4v) is 0.742. The van der Waals surface area contributed by atoms with Crippen LogP contribution in [-0.4, -0.2) is 0 Å². The summed E-state index contributed by atoms with van der Waals surface area (Å²) in [6, 6.07) is 0. The van der Waals surface area contributed by atoms with Crippen molar-refractivity contribution in [2.45, 2.75) is 53.9 Å². The van der Waals surface area contributed by atoms with Gasteiger partial charge in [-0.25, -0.2) is 0 Å². The lowest BCUT2D eigenvalue weighted by atomic mass is 10.3. The summed E-state index contributed by atoms with van der Waals surface area (Å²) < 4.78 is 0. The third-order valence-corrected chi connectivity index (χ3v) is 1.25. The molecule has 0 aromatic carbocycles. The van der Waals surface area contributed by atoms with Crippen molar-refractivity contribution in [1.82, 2.24) is 0 Å². The molecule has 0 aromatic rings. The van der Waals surface area contributed by atoms with Crippen molar-refractivity contribution >= 4 is 0 Å². The first-order valence-corrected chi connectivity index (χ1v) is 4.97. The summed E-state index contributed by atoms with van der Waals surface area (Å²) in [6.45, 7) is 10.7. The molecule has 0 heterocycles. The van der Waals surface area contributed by atoms with Gasteiger partial charge in [0.25, 0.3) is 0 Å². The van der Waals surface area contributed by atoms with Crippen molar-refractivity contribution in [3.63, 3.8) is 0 Å². The average Bonchev–Trinajstić information content (AvgIpc) is 2.02. The lowest BCUT2D eigenvalue weighted by Gasteiger charge is -1.80. The van der Waals surface area contributed by atoms with Crippen LogP contribution in [0.1, 0.15) is 53.9 Å². The molecule has 0 fully saturated rings. The van der Waals surface area contributed by atoms with E-state index in [1.54, 1.807) is 0 Å². The molecule has 0 unspecified atom stereocenters. The summed E-state index contributed by atoms with van der Waals surface area (Å²) in [5.74, 6) is 0. The molecule has 0 atom stereocenters. The van der Waals surface area contributed by atoms with Gasteiger partial charge in [0, 0.05) is 0 Å². The molecule has 0 aromatic heterocycles. The van der Waals surface area contributed by atoms with Crippen LogP contribution in [0.15, 0.2) is 23.8 Å². The molecule has 0 nitrogen and oxygen atoms in total. The van der Waals surface area contributed by atoms with Gasteiger partial charge < -0.3 is 0 Å². The predicted molar refractivity (Wildman–Crippen MR) is 59.4 cm³/mol. The van der Waals surface area contributed by atoms with Gasteiger partial charge in [0.1, 0.15) is 0 Å². The average molecular weight is 168 g/mol. The Hall–Kier alpha value is -0.520. The van der Waals surface area contributed by atoms with Crippen LogP contribution in [-0.2, 0) is 0 Å². The Labute approximate surface area is 78.4 Å². The summed E-state index contributed by atoms with van der Waals surface area (Å²) in [6.07, 6.45) is 10.1. The Morgan fingerprint density at radius 2 is 1.25 bits per heavy atom. The molecule has 0 bridgehead atoms. The first kappa shape index (κ1) is 14.0. The van der Waals surface area contributed by atoms with Crippen LogP contribution in [0.4, 0.5) is 0 Å². The van der Waals surface area contributed by atoms with Crippen molar-refractivity contribution in [3.8, 4) is 0 Å². The van der Waals surface area contributed by atoms with Crippen molar-refractivity contribution in [1.29, 1.82) is 0 Å². The van der Waals surface area contributed by atoms with Gasteiger partial charge in [-0.1, -0.05) is 44.6 Å². The lowest BCUT2D eigenvalue weighted by molar-refractivity contribution is 1.16. The molecule has 0 radical (unpaired) electrons. The molecule has 0 heteroatoms. The topological polar surface area (TPSA) is 0 Å². The zero-order valence-corrected chi connectivity index (χ0v) is 9.35. The molecule has 0 amide bonds. The van der Waals surface area contributed by atoms with E-state index >= 15 is 0 Å². The van der Waals surface area contributed by atoms with E-state index in [-0.39, 0.29) is 0 Å². The normalized spacial score (nSPS) is 9.08. The van der Waals surface area contributed by atoms with Crippen LogP contribution in [0.2, 0.25) is 0 Å². The van der Waals surface area contributed by atoms with E-state index in [0.29, 0.717) is 0 Å². The van der Waals surface area contributed by atoms with E-state index in [4.69, 9.17) is 0 Å². The molecular formula is C12H24. The summed E-state index contributed by atoms with van der Waals surface area (Å²) in [5.41, 5.74) is 1.41. The zero-order chi connectivity index (χ0) is 9.82. The van der Waals surface area contributed by atoms with Gasteiger partial charge in [-0.2, -0.15) is 0 Å². The third-order valence-electron chi connectivity index (χ3n) is 1.25. The maximum absolute atomic E-state index is 2.21. The standard InChI is InChI=1S/2C6H12/c1-4-5-6(2)3;1-3-5-6-4-2/h5H,4H2,1-3H3;5-6H,3-4H2,1-2H3/b;6-5+. The van der Waals surface area contributed by atoms with Crippen molar-refractivity contribution in [2.24, 2.45) is 0 Å². The van der Waals surface area contributed by atoms with Crippen LogP contribution in [0.3, 0.4) is 0 Å². The van der Waals surface area contributed by atoms with Gasteiger partial charge in [-0.05, 0) is 33.1 Å². The molecule has 0 aliphatic carbocycles. The minimum absolute atomic E-state index is 1.17. The smallest absolute Gasteiger partial charge is 0.0377 e. The second kappa shape index (κ2) is 13.1. The highest BCUT2D eigenvalue weighted by Gasteiger charge is 1.67. The van der Waals surface area contributed by atoms with E-state index < -0.39 is 0 Å². The molecule has 0 N–H and O–H groups in total. The number of hydrogen-bond donors (Lipinski definition) is 0. The van der Waals surface area contributed by atoms with E-state index in [0.717, 1.165) is 0 Å². The summed E-state index contributed by atoms with van der Waals surface area (Å²) in [5, 5.41) is 0. The van der Waals surface area contributed by atoms with Crippen molar-refractivity contribution in [2.75, 3.05) is 0 Å². The molecule has 0 spiro atoms. The van der Waals surface area contributed by atoms with E-state index in [2.05, 4.69) is 52.8 Å². The molecule has 72 valence electrons. The first-order chi connectivity index (χ1) is 5.68. The van der Waals surface area contributed by atoms with Crippen LogP contribution >= 0.6 is 0 Å². The Morgan fingerprint density at radius 3 is 1.33 bits per heavy atom. The molecule has 12 heavy (non-hydrogen) atoms. The van der Waals surface area contributed by atoms with E-state index in [1.807, 2.05) is 0 Å². The van der Waals surface area contributed by atoms with Gasteiger partial charge in [-0.3, -0.25) is 0 Å². The second-order valence-electron chi connectivity index (χ2n) is 2.98.